The second-order valence-electron chi connectivity index (χ2n) is 6.74. The average molecular weight is 264 g/mol. The molecule has 2 heterocycles. The molecule has 2 atom stereocenters. The van der Waals surface area contributed by atoms with E-state index in [4.69, 9.17) is 0 Å². The standard InChI is InChI=1S/C16H28N2O/c19-16(12-13-7-9-17-10-8-13)18-11-3-5-14-4-1-2-6-15(14)18/h13-15,17H,1-12H2. The number of rotatable bonds is 2. The minimum Gasteiger partial charge on any atom is -0.339 e. The summed E-state index contributed by atoms with van der Waals surface area (Å²) in [5, 5.41) is 3.39. The van der Waals surface area contributed by atoms with Crippen LogP contribution in [0, 0.1) is 11.8 Å². The Kier molecular flexibility index (Phi) is 4.42. The maximum absolute atomic E-state index is 12.6. The second-order valence-corrected chi connectivity index (χ2v) is 6.74. The average Bonchev–Trinajstić information content (AvgIpc) is 2.47. The molecule has 0 aromatic carbocycles. The fourth-order valence-electron chi connectivity index (χ4n) is 4.38. The number of fused-ring (bicyclic) bond motifs is 1. The molecule has 3 heteroatoms. The summed E-state index contributed by atoms with van der Waals surface area (Å²) in [4.78, 5) is 14.9. The quantitative estimate of drug-likeness (QED) is 0.831. The molecule has 0 spiro atoms. The van der Waals surface area contributed by atoms with Crippen LogP contribution in [0.4, 0.5) is 0 Å². The number of hydrogen-bond acceptors (Lipinski definition) is 2. The number of hydrogen-bond donors (Lipinski definition) is 1. The topological polar surface area (TPSA) is 32.3 Å². The van der Waals surface area contributed by atoms with Crippen molar-refractivity contribution >= 4 is 5.91 Å². The van der Waals surface area contributed by atoms with E-state index in [9.17, 15) is 4.79 Å². The summed E-state index contributed by atoms with van der Waals surface area (Å²) in [6.07, 6.45) is 11.1. The van der Waals surface area contributed by atoms with Crippen LogP contribution >= 0.6 is 0 Å². The van der Waals surface area contributed by atoms with Crippen molar-refractivity contribution in [1.82, 2.24) is 10.2 Å². The highest BCUT2D eigenvalue weighted by Gasteiger charge is 2.36. The van der Waals surface area contributed by atoms with Gasteiger partial charge < -0.3 is 10.2 Å². The van der Waals surface area contributed by atoms with Crippen molar-refractivity contribution in [2.24, 2.45) is 11.8 Å². The molecule has 3 aliphatic rings. The van der Waals surface area contributed by atoms with Gasteiger partial charge in [0.05, 0.1) is 0 Å². The molecule has 3 nitrogen and oxygen atoms in total. The van der Waals surface area contributed by atoms with Gasteiger partial charge in [-0.25, -0.2) is 0 Å². The largest absolute Gasteiger partial charge is 0.339 e. The van der Waals surface area contributed by atoms with Crippen molar-refractivity contribution in [3.05, 3.63) is 0 Å². The molecule has 2 aliphatic heterocycles. The molecule has 0 radical (unpaired) electrons. The smallest absolute Gasteiger partial charge is 0.223 e. The Morgan fingerprint density at radius 2 is 1.74 bits per heavy atom. The highest BCUT2D eigenvalue weighted by molar-refractivity contribution is 5.77. The summed E-state index contributed by atoms with van der Waals surface area (Å²) < 4.78 is 0. The molecule has 0 aromatic rings. The van der Waals surface area contributed by atoms with Gasteiger partial charge in [0.25, 0.3) is 0 Å². The number of carbonyl (C=O) groups excluding carboxylic acids is 1. The van der Waals surface area contributed by atoms with Crippen LogP contribution < -0.4 is 5.32 Å². The van der Waals surface area contributed by atoms with Crippen LogP contribution in [0.1, 0.15) is 57.8 Å². The fourth-order valence-corrected chi connectivity index (χ4v) is 4.38. The molecule has 108 valence electrons. The van der Waals surface area contributed by atoms with Crippen molar-refractivity contribution < 1.29 is 4.79 Å². The molecule has 0 bridgehead atoms. The highest BCUT2D eigenvalue weighted by Crippen LogP contribution is 2.36. The number of nitrogens with one attached hydrogen (secondary N) is 1. The van der Waals surface area contributed by atoms with Gasteiger partial charge in [0, 0.05) is 19.0 Å². The highest BCUT2D eigenvalue weighted by atomic mass is 16.2. The third-order valence-corrected chi connectivity index (χ3v) is 5.49. The van der Waals surface area contributed by atoms with E-state index in [0.717, 1.165) is 32.0 Å². The third kappa shape index (κ3) is 3.13. The zero-order valence-electron chi connectivity index (χ0n) is 12.1. The van der Waals surface area contributed by atoms with Gasteiger partial charge >= 0.3 is 0 Å². The van der Waals surface area contributed by atoms with Gasteiger partial charge in [-0.05, 0) is 63.5 Å². The molecule has 3 rings (SSSR count). The van der Waals surface area contributed by atoms with Gasteiger partial charge in [-0.3, -0.25) is 4.79 Å². The molecule has 1 N–H and O–H groups in total. The van der Waals surface area contributed by atoms with E-state index in [1.54, 1.807) is 0 Å². The van der Waals surface area contributed by atoms with E-state index in [-0.39, 0.29) is 0 Å². The van der Waals surface area contributed by atoms with Crippen LogP contribution in [0.5, 0.6) is 0 Å². The zero-order chi connectivity index (χ0) is 13.1. The Bertz CT molecular complexity index is 310. The van der Waals surface area contributed by atoms with Gasteiger partial charge in [0.1, 0.15) is 0 Å². The van der Waals surface area contributed by atoms with Crippen molar-refractivity contribution in [2.45, 2.75) is 63.8 Å². The van der Waals surface area contributed by atoms with Gasteiger partial charge in [-0.15, -0.1) is 0 Å². The first-order chi connectivity index (χ1) is 9.34. The monoisotopic (exact) mass is 264 g/mol. The first kappa shape index (κ1) is 13.4. The minimum absolute atomic E-state index is 0.462. The molecule has 1 saturated carbocycles. The third-order valence-electron chi connectivity index (χ3n) is 5.49. The maximum atomic E-state index is 12.6. The van der Waals surface area contributed by atoms with Crippen molar-refractivity contribution in [1.29, 1.82) is 0 Å². The van der Waals surface area contributed by atoms with Crippen LogP contribution in [0.2, 0.25) is 0 Å². The Morgan fingerprint density at radius 3 is 2.58 bits per heavy atom. The van der Waals surface area contributed by atoms with Crippen LogP contribution in [-0.2, 0) is 4.79 Å². The summed E-state index contributed by atoms with van der Waals surface area (Å²) in [6, 6.07) is 0.594. The molecular formula is C16H28N2O. The molecule has 2 saturated heterocycles. The lowest BCUT2D eigenvalue weighted by Crippen LogP contribution is -2.50. The minimum atomic E-state index is 0.462. The fraction of sp³-hybridized carbons (Fsp3) is 0.938. The van der Waals surface area contributed by atoms with E-state index in [0.29, 0.717) is 17.9 Å². The predicted molar refractivity (Wildman–Crippen MR) is 76.9 cm³/mol. The van der Waals surface area contributed by atoms with E-state index in [1.807, 2.05) is 0 Å². The first-order valence-corrected chi connectivity index (χ1v) is 8.35. The number of piperidine rings is 2. The summed E-state index contributed by atoms with van der Waals surface area (Å²) in [7, 11) is 0. The van der Waals surface area contributed by atoms with Gasteiger partial charge in [-0.2, -0.15) is 0 Å². The van der Waals surface area contributed by atoms with E-state index in [2.05, 4.69) is 10.2 Å². The number of carbonyl (C=O) groups is 1. The van der Waals surface area contributed by atoms with Crippen molar-refractivity contribution in [2.75, 3.05) is 19.6 Å². The van der Waals surface area contributed by atoms with Crippen LogP contribution in [0.15, 0.2) is 0 Å². The van der Waals surface area contributed by atoms with Crippen molar-refractivity contribution in [3.63, 3.8) is 0 Å². The molecule has 19 heavy (non-hydrogen) atoms. The normalized spacial score (nSPS) is 32.9. The van der Waals surface area contributed by atoms with E-state index < -0.39 is 0 Å². The van der Waals surface area contributed by atoms with Gasteiger partial charge in [-0.1, -0.05) is 12.8 Å². The summed E-state index contributed by atoms with van der Waals surface area (Å²) in [5.41, 5.74) is 0. The molecule has 3 fully saturated rings. The Balaban J connectivity index is 1.58. The first-order valence-electron chi connectivity index (χ1n) is 8.35. The molecule has 1 amide bonds. The molecule has 0 aromatic heterocycles. The van der Waals surface area contributed by atoms with Gasteiger partial charge in [0.15, 0.2) is 0 Å². The van der Waals surface area contributed by atoms with Crippen LogP contribution in [-0.4, -0.2) is 36.5 Å². The van der Waals surface area contributed by atoms with Crippen LogP contribution in [0.3, 0.4) is 0 Å². The Morgan fingerprint density at radius 1 is 1.00 bits per heavy atom. The lowest BCUT2D eigenvalue weighted by Gasteiger charge is -2.44. The maximum Gasteiger partial charge on any atom is 0.223 e. The second kappa shape index (κ2) is 6.25. The lowest BCUT2D eigenvalue weighted by atomic mass is 9.78. The zero-order valence-corrected chi connectivity index (χ0v) is 12.1. The number of amides is 1. The predicted octanol–water partition coefficient (Wildman–Crippen LogP) is 2.56. The van der Waals surface area contributed by atoms with Crippen molar-refractivity contribution in [3.8, 4) is 0 Å². The summed E-state index contributed by atoms with van der Waals surface area (Å²) in [6.45, 7) is 3.24. The Labute approximate surface area is 117 Å². The SMILES string of the molecule is O=C(CC1CCNCC1)N1CCCC2CCCCC21. The molecule has 2 unspecified atom stereocenters. The summed E-state index contributed by atoms with van der Waals surface area (Å²) >= 11 is 0. The van der Waals surface area contributed by atoms with Crippen LogP contribution in [0.25, 0.3) is 0 Å². The molecule has 1 aliphatic carbocycles. The number of likely N-dealkylation sites (tertiary alicyclic amines) is 1. The number of nitrogens with zero attached hydrogens (tertiary/aromatic N) is 1. The van der Waals surface area contributed by atoms with E-state index in [1.165, 1.54) is 51.4 Å². The summed E-state index contributed by atoms with van der Waals surface area (Å²) in [5.74, 6) is 1.92. The Hall–Kier alpha value is -0.570. The van der Waals surface area contributed by atoms with Gasteiger partial charge in [0.2, 0.25) is 5.91 Å². The molecular weight excluding hydrogens is 236 g/mol. The van der Waals surface area contributed by atoms with E-state index >= 15 is 0 Å². The lowest BCUT2D eigenvalue weighted by molar-refractivity contribution is -0.138.